The predicted octanol–water partition coefficient (Wildman–Crippen LogP) is 4.10. The van der Waals surface area contributed by atoms with E-state index in [1.165, 1.54) is 49.4 Å². The Kier molecular flexibility index (Phi) is 9.57. The number of rotatable bonds is 11. The van der Waals surface area contributed by atoms with Gasteiger partial charge in [-0.3, -0.25) is 9.36 Å². The Balaban J connectivity index is 1.61. The van der Waals surface area contributed by atoms with Crippen molar-refractivity contribution in [1.29, 1.82) is 0 Å². The molecule has 2 heterocycles. The van der Waals surface area contributed by atoms with Gasteiger partial charge in [0.25, 0.3) is 5.56 Å². The molecule has 11 nitrogen and oxygen atoms in total. The molecule has 4 aromatic rings. The van der Waals surface area contributed by atoms with Crippen molar-refractivity contribution in [3.05, 3.63) is 114 Å². The fourth-order valence-electron chi connectivity index (χ4n) is 5.14. The number of benzene rings is 3. The summed E-state index contributed by atoms with van der Waals surface area (Å²) in [5, 5.41) is 9.16. The molecule has 0 bridgehead atoms. The standard InChI is InChI=1S/C34H32N2O9S/c1-6-44-33(40)28-19(2)35-34-36(29(28)23-15-25(41-3)30(43-5)26(16-23)42-4)31(37)27(46-34)17-22-9-7-8-10-24(22)45-18-20-11-13-21(14-12-20)32(38)39/h7-17,29H,6,18H2,1-5H3,(H,38,39)/b27-17-/t29-/m1/s1. The van der Waals surface area contributed by atoms with Gasteiger partial charge < -0.3 is 28.8 Å². The first-order valence-electron chi connectivity index (χ1n) is 14.2. The molecule has 5 rings (SSSR count). The zero-order valence-corrected chi connectivity index (χ0v) is 26.7. The highest BCUT2D eigenvalue weighted by Crippen LogP contribution is 2.42. The molecular weight excluding hydrogens is 612 g/mol. The van der Waals surface area contributed by atoms with Gasteiger partial charge in [-0.2, -0.15) is 0 Å². The van der Waals surface area contributed by atoms with Crippen LogP contribution in [-0.4, -0.2) is 49.5 Å². The molecule has 1 N–H and O–H groups in total. The average molecular weight is 645 g/mol. The number of carbonyl (C=O) groups is 2. The third kappa shape index (κ3) is 6.24. The molecule has 0 spiro atoms. The highest BCUT2D eigenvalue weighted by atomic mass is 32.1. The molecule has 0 fully saturated rings. The van der Waals surface area contributed by atoms with Crippen molar-refractivity contribution in [2.75, 3.05) is 27.9 Å². The molecule has 3 aromatic carbocycles. The minimum Gasteiger partial charge on any atom is -0.493 e. The van der Waals surface area contributed by atoms with Gasteiger partial charge in [0.15, 0.2) is 16.3 Å². The zero-order chi connectivity index (χ0) is 33.0. The quantitative estimate of drug-likeness (QED) is 0.240. The third-order valence-corrected chi connectivity index (χ3v) is 8.30. The number of aromatic carboxylic acids is 1. The second kappa shape index (κ2) is 13.7. The van der Waals surface area contributed by atoms with Crippen LogP contribution in [0.15, 0.2) is 81.7 Å². The minimum atomic E-state index is -1.00. The van der Waals surface area contributed by atoms with Crippen LogP contribution < -0.4 is 33.8 Å². The SMILES string of the molecule is CCOC(=O)C1=C(C)N=c2s/c(=C\c3ccccc3OCc3ccc(C(=O)O)cc3)c(=O)n2[C@@H]1c1cc(OC)c(OC)c(OC)c1. The molecule has 238 valence electrons. The number of thiazole rings is 1. The van der Waals surface area contributed by atoms with Crippen LogP contribution in [0.5, 0.6) is 23.0 Å². The molecule has 0 unspecified atom stereocenters. The number of fused-ring (bicyclic) bond motifs is 1. The van der Waals surface area contributed by atoms with Crippen LogP contribution in [0.1, 0.15) is 46.9 Å². The highest BCUT2D eigenvalue weighted by Gasteiger charge is 2.34. The monoisotopic (exact) mass is 644 g/mol. The second-order valence-electron chi connectivity index (χ2n) is 10.1. The van der Waals surface area contributed by atoms with E-state index in [1.54, 1.807) is 50.3 Å². The van der Waals surface area contributed by atoms with Crippen molar-refractivity contribution in [3.8, 4) is 23.0 Å². The maximum absolute atomic E-state index is 14.2. The van der Waals surface area contributed by atoms with E-state index in [0.29, 0.717) is 49.2 Å². The van der Waals surface area contributed by atoms with Crippen LogP contribution in [0.3, 0.4) is 0 Å². The summed E-state index contributed by atoms with van der Waals surface area (Å²) in [5.74, 6) is 0.0264. The molecule has 1 aromatic heterocycles. The van der Waals surface area contributed by atoms with Crippen LogP contribution in [0.25, 0.3) is 6.08 Å². The van der Waals surface area contributed by atoms with Crippen LogP contribution in [0.2, 0.25) is 0 Å². The molecular formula is C34H32N2O9S. The lowest BCUT2D eigenvalue weighted by Gasteiger charge is -2.26. The lowest BCUT2D eigenvalue weighted by atomic mass is 9.95. The Bertz CT molecular complexity index is 1980. The van der Waals surface area contributed by atoms with E-state index < -0.39 is 18.0 Å². The summed E-state index contributed by atoms with van der Waals surface area (Å²) in [6, 6.07) is 16.2. The predicted molar refractivity (Wildman–Crippen MR) is 171 cm³/mol. The van der Waals surface area contributed by atoms with Gasteiger partial charge in [0, 0.05) is 5.56 Å². The van der Waals surface area contributed by atoms with E-state index in [-0.39, 0.29) is 29.9 Å². The maximum atomic E-state index is 14.2. The van der Waals surface area contributed by atoms with E-state index >= 15 is 0 Å². The lowest BCUT2D eigenvalue weighted by Crippen LogP contribution is -2.40. The number of esters is 1. The zero-order valence-electron chi connectivity index (χ0n) is 25.9. The Morgan fingerprint density at radius 3 is 2.26 bits per heavy atom. The minimum absolute atomic E-state index is 0.141. The van der Waals surface area contributed by atoms with Gasteiger partial charge in [-0.15, -0.1) is 0 Å². The van der Waals surface area contributed by atoms with E-state index in [0.717, 1.165) is 5.56 Å². The number of carboxylic acid groups (broad SMARTS) is 1. The fourth-order valence-corrected chi connectivity index (χ4v) is 6.18. The summed E-state index contributed by atoms with van der Waals surface area (Å²) in [6.45, 7) is 3.75. The third-order valence-electron chi connectivity index (χ3n) is 7.32. The summed E-state index contributed by atoms with van der Waals surface area (Å²) < 4.78 is 30.0. The number of aromatic nitrogens is 1. The molecule has 1 aliphatic rings. The van der Waals surface area contributed by atoms with Gasteiger partial charge in [0.05, 0.1) is 55.3 Å². The van der Waals surface area contributed by atoms with E-state index in [2.05, 4.69) is 4.99 Å². The van der Waals surface area contributed by atoms with Crippen molar-refractivity contribution >= 4 is 29.4 Å². The van der Waals surface area contributed by atoms with Crippen molar-refractivity contribution in [3.63, 3.8) is 0 Å². The Morgan fingerprint density at radius 1 is 0.978 bits per heavy atom. The van der Waals surface area contributed by atoms with Crippen molar-refractivity contribution in [1.82, 2.24) is 4.57 Å². The Labute approximate surface area is 268 Å². The summed E-state index contributed by atoms with van der Waals surface area (Å²) in [4.78, 5) is 43.7. The first-order chi connectivity index (χ1) is 22.2. The summed E-state index contributed by atoms with van der Waals surface area (Å²) >= 11 is 1.18. The van der Waals surface area contributed by atoms with Gasteiger partial charge in [-0.1, -0.05) is 41.7 Å². The summed E-state index contributed by atoms with van der Waals surface area (Å²) in [5.41, 5.74) is 2.43. The van der Waals surface area contributed by atoms with Crippen molar-refractivity contribution < 1.29 is 38.4 Å². The lowest BCUT2D eigenvalue weighted by molar-refractivity contribution is -0.139. The second-order valence-corrected chi connectivity index (χ2v) is 11.1. The van der Waals surface area contributed by atoms with Gasteiger partial charge >= 0.3 is 11.9 Å². The first kappa shape index (κ1) is 32.0. The van der Waals surface area contributed by atoms with Gasteiger partial charge in [-0.05, 0) is 61.4 Å². The van der Waals surface area contributed by atoms with Crippen molar-refractivity contribution in [2.45, 2.75) is 26.5 Å². The average Bonchev–Trinajstić information content (AvgIpc) is 3.36. The number of methoxy groups -OCH3 is 3. The topological polar surface area (TPSA) is 135 Å². The fraction of sp³-hybridized carbons (Fsp3) is 0.235. The molecule has 1 aliphatic heterocycles. The molecule has 12 heteroatoms. The van der Waals surface area contributed by atoms with E-state index in [9.17, 15) is 14.4 Å². The van der Waals surface area contributed by atoms with Crippen LogP contribution in [-0.2, 0) is 16.1 Å². The smallest absolute Gasteiger partial charge is 0.338 e. The normalized spacial score (nSPS) is 14.3. The maximum Gasteiger partial charge on any atom is 0.338 e. The summed E-state index contributed by atoms with van der Waals surface area (Å²) in [7, 11) is 4.47. The number of nitrogens with zero attached hydrogens (tertiary/aromatic N) is 2. The molecule has 46 heavy (non-hydrogen) atoms. The van der Waals surface area contributed by atoms with Gasteiger partial charge in [0.2, 0.25) is 5.75 Å². The van der Waals surface area contributed by atoms with Crippen LogP contribution in [0, 0.1) is 0 Å². The summed E-state index contributed by atoms with van der Waals surface area (Å²) in [6.07, 6.45) is 1.72. The van der Waals surface area contributed by atoms with Crippen LogP contribution in [0.4, 0.5) is 0 Å². The van der Waals surface area contributed by atoms with E-state index in [4.69, 9.17) is 28.8 Å². The van der Waals surface area contributed by atoms with E-state index in [1.807, 2.05) is 18.2 Å². The molecule has 0 saturated carbocycles. The van der Waals surface area contributed by atoms with Gasteiger partial charge in [-0.25, -0.2) is 14.6 Å². The molecule has 0 amide bonds. The van der Waals surface area contributed by atoms with Gasteiger partial charge in [0.1, 0.15) is 12.4 Å². The molecule has 0 saturated heterocycles. The number of carbonyl (C=O) groups excluding carboxylic acids is 1. The molecule has 0 radical (unpaired) electrons. The number of hydrogen-bond donors (Lipinski definition) is 1. The molecule has 1 atom stereocenters. The Morgan fingerprint density at radius 2 is 1.65 bits per heavy atom. The van der Waals surface area contributed by atoms with Crippen LogP contribution >= 0.6 is 11.3 Å². The number of allylic oxidation sites excluding steroid dienone is 1. The highest BCUT2D eigenvalue weighted by molar-refractivity contribution is 7.07. The number of hydrogen-bond acceptors (Lipinski definition) is 10. The number of carboxylic acids is 1. The number of ether oxygens (including phenoxy) is 5. The Hall–Kier alpha value is -5.36. The molecule has 0 aliphatic carbocycles. The first-order valence-corrected chi connectivity index (χ1v) is 15.1. The van der Waals surface area contributed by atoms with Crippen molar-refractivity contribution in [2.24, 2.45) is 4.99 Å². The largest absolute Gasteiger partial charge is 0.493 e. The number of para-hydroxylation sites is 1.